The summed E-state index contributed by atoms with van der Waals surface area (Å²) in [5, 5.41) is 10.8. The van der Waals surface area contributed by atoms with Crippen LogP contribution < -0.4 is 5.32 Å². The van der Waals surface area contributed by atoms with E-state index in [1.54, 1.807) is 0 Å². The number of amides is 1. The number of thioether (sulfide) groups is 1. The minimum absolute atomic E-state index is 0.184. The van der Waals surface area contributed by atoms with Gasteiger partial charge in [-0.1, -0.05) is 0 Å². The highest BCUT2D eigenvalue weighted by molar-refractivity contribution is 7.99. The van der Waals surface area contributed by atoms with Crippen LogP contribution >= 0.6 is 11.8 Å². The van der Waals surface area contributed by atoms with Crippen LogP contribution in [-0.4, -0.2) is 48.1 Å². The smallest absolute Gasteiger partial charge is 0.326 e. The van der Waals surface area contributed by atoms with Crippen LogP contribution in [0.25, 0.3) is 0 Å². The monoisotopic (exact) mass is 235 g/mol. The van der Waals surface area contributed by atoms with Crippen molar-refractivity contribution in [3.8, 4) is 0 Å². The molecule has 15 heavy (non-hydrogen) atoms. The summed E-state index contributed by atoms with van der Waals surface area (Å²) < 4.78 is 4.40. The fourth-order valence-electron chi connectivity index (χ4n) is 0.776. The molecule has 0 aromatic carbocycles. The molecule has 0 fully saturated rings. The van der Waals surface area contributed by atoms with E-state index < -0.39 is 12.0 Å². The lowest BCUT2D eigenvalue weighted by Gasteiger charge is -2.09. The van der Waals surface area contributed by atoms with E-state index >= 15 is 0 Å². The molecule has 0 bridgehead atoms. The molecule has 0 rings (SSSR count). The number of carbonyl (C=O) groups is 3. The zero-order chi connectivity index (χ0) is 11.7. The van der Waals surface area contributed by atoms with Crippen molar-refractivity contribution in [1.82, 2.24) is 5.32 Å². The second kappa shape index (κ2) is 8.10. The van der Waals surface area contributed by atoms with E-state index in [0.29, 0.717) is 12.2 Å². The number of carboxylic acids is 1. The van der Waals surface area contributed by atoms with Gasteiger partial charge in [0.05, 0.1) is 12.9 Å². The second-order valence-electron chi connectivity index (χ2n) is 2.59. The number of carboxylic acid groups (broad SMARTS) is 1. The van der Waals surface area contributed by atoms with Gasteiger partial charge < -0.3 is 15.2 Å². The Balaban J connectivity index is 3.66. The Bertz CT molecular complexity index is 233. The van der Waals surface area contributed by atoms with Crippen LogP contribution in [0, 0.1) is 0 Å². The lowest BCUT2D eigenvalue weighted by Crippen LogP contribution is -2.36. The quantitative estimate of drug-likeness (QED) is 0.334. The van der Waals surface area contributed by atoms with E-state index in [1.165, 1.54) is 18.9 Å². The molecule has 0 saturated heterocycles. The van der Waals surface area contributed by atoms with E-state index in [0.717, 1.165) is 0 Å². The third-order valence-electron chi connectivity index (χ3n) is 1.57. The first-order valence-corrected chi connectivity index (χ1v) is 5.34. The summed E-state index contributed by atoms with van der Waals surface area (Å²) in [5.41, 5.74) is 0. The number of ether oxygens (including phenoxy) is 1. The molecule has 1 unspecified atom stereocenters. The number of hydrogen-bond acceptors (Lipinski definition) is 5. The summed E-state index contributed by atoms with van der Waals surface area (Å²) in [4.78, 5) is 31.3. The molecular weight excluding hydrogens is 222 g/mol. The highest BCUT2D eigenvalue weighted by Gasteiger charge is 2.15. The van der Waals surface area contributed by atoms with Gasteiger partial charge in [-0.05, 0) is 12.2 Å². The van der Waals surface area contributed by atoms with Gasteiger partial charge in [0, 0.05) is 0 Å². The molecule has 6 nitrogen and oxygen atoms in total. The fourth-order valence-corrected chi connectivity index (χ4v) is 1.61. The molecule has 0 aliphatic carbocycles. The van der Waals surface area contributed by atoms with Gasteiger partial charge in [-0.2, -0.15) is 11.8 Å². The van der Waals surface area contributed by atoms with Crippen LogP contribution in [0.5, 0.6) is 0 Å². The van der Waals surface area contributed by atoms with Crippen LogP contribution in [0.4, 0.5) is 0 Å². The SMILES string of the molecule is COC(=O)CSCCC(NC=O)C(=O)O. The maximum absolute atomic E-state index is 10.7. The molecule has 0 aromatic heterocycles. The molecule has 2 N–H and O–H groups in total. The van der Waals surface area contributed by atoms with Gasteiger partial charge in [0.1, 0.15) is 6.04 Å². The van der Waals surface area contributed by atoms with E-state index in [4.69, 9.17) is 5.11 Å². The Morgan fingerprint density at radius 1 is 1.60 bits per heavy atom. The van der Waals surface area contributed by atoms with Crippen LogP contribution in [-0.2, 0) is 19.1 Å². The summed E-state index contributed by atoms with van der Waals surface area (Å²) in [6.45, 7) is 0. The Morgan fingerprint density at radius 2 is 2.27 bits per heavy atom. The van der Waals surface area contributed by atoms with Crippen LogP contribution in [0.2, 0.25) is 0 Å². The topological polar surface area (TPSA) is 92.7 Å². The molecule has 0 aliphatic heterocycles. The molecule has 0 radical (unpaired) electrons. The number of rotatable bonds is 8. The average molecular weight is 235 g/mol. The van der Waals surface area contributed by atoms with Crippen molar-refractivity contribution in [2.24, 2.45) is 0 Å². The standard InChI is InChI=1S/C8H13NO5S/c1-14-7(11)4-15-3-2-6(8(12)13)9-5-10/h5-6H,2-4H2,1H3,(H,9,10)(H,12,13). The number of nitrogens with one attached hydrogen (secondary N) is 1. The Kier molecular flexibility index (Phi) is 7.43. The zero-order valence-corrected chi connectivity index (χ0v) is 9.08. The molecular formula is C8H13NO5S. The van der Waals surface area contributed by atoms with E-state index in [1.807, 2.05) is 0 Å². The Labute approximate surface area is 91.4 Å². The second-order valence-corrected chi connectivity index (χ2v) is 3.70. The van der Waals surface area contributed by atoms with E-state index in [9.17, 15) is 14.4 Å². The van der Waals surface area contributed by atoms with Gasteiger partial charge >= 0.3 is 11.9 Å². The van der Waals surface area contributed by atoms with E-state index in [2.05, 4.69) is 10.1 Å². The zero-order valence-electron chi connectivity index (χ0n) is 8.26. The van der Waals surface area contributed by atoms with Crippen molar-refractivity contribution in [2.75, 3.05) is 18.6 Å². The van der Waals surface area contributed by atoms with Crippen LogP contribution in [0.15, 0.2) is 0 Å². The highest BCUT2D eigenvalue weighted by Crippen LogP contribution is 2.05. The molecule has 86 valence electrons. The highest BCUT2D eigenvalue weighted by atomic mass is 32.2. The summed E-state index contributed by atoms with van der Waals surface area (Å²) in [7, 11) is 1.29. The summed E-state index contributed by atoms with van der Waals surface area (Å²) in [5.74, 6) is -0.785. The first-order chi connectivity index (χ1) is 7.11. The van der Waals surface area contributed by atoms with Crippen molar-refractivity contribution < 1.29 is 24.2 Å². The van der Waals surface area contributed by atoms with Gasteiger partial charge in [0.25, 0.3) is 0 Å². The minimum atomic E-state index is -1.08. The lowest BCUT2D eigenvalue weighted by atomic mass is 10.2. The van der Waals surface area contributed by atoms with Crippen molar-refractivity contribution in [1.29, 1.82) is 0 Å². The first-order valence-electron chi connectivity index (χ1n) is 4.19. The molecule has 7 heteroatoms. The van der Waals surface area contributed by atoms with E-state index in [-0.39, 0.29) is 18.1 Å². The summed E-state index contributed by atoms with van der Waals surface area (Å²) in [6, 6.07) is -0.896. The number of esters is 1. The molecule has 0 spiro atoms. The predicted molar refractivity (Wildman–Crippen MR) is 54.6 cm³/mol. The van der Waals surface area contributed by atoms with Gasteiger partial charge in [-0.25, -0.2) is 4.79 Å². The fraction of sp³-hybridized carbons (Fsp3) is 0.625. The number of carbonyl (C=O) groups excluding carboxylic acids is 2. The predicted octanol–water partition coefficient (Wildman–Crippen LogP) is -0.518. The third kappa shape index (κ3) is 6.78. The minimum Gasteiger partial charge on any atom is -0.480 e. The number of methoxy groups -OCH3 is 1. The first kappa shape index (κ1) is 13.8. The van der Waals surface area contributed by atoms with Gasteiger partial charge in [0.2, 0.25) is 6.41 Å². The molecule has 1 atom stereocenters. The third-order valence-corrected chi connectivity index (χ3v) is 2.53. The molecule has 0 saturated carbocycles. The summed E-state index contributed by atoms with van der Waals surface area (Å²) >= 11 is 1.26. The van der Waals surface area contributed by atoms with Crippen molar-refractivity contribution in [3.05, 3.63) is 0 Å². The van der Waals surface area contributed by atoms with Crippen LogP contribution in [0.1, 0.15) is 6.42 Å². The number of aliphatic carboxylic acids is 1. The van der Waals surface area contributed by atoms with Crippen LogP contribution in [0.3, 0.4) is 0 Å². The van der Waals surface area contributed by atoms with Gasteiger partial charge in [-0.15, -0.1) is 0 Å². The number of hydrogen-bond donors (Lipinski definition) is 2. The molecule has 1 amide bonds. The average Bonchev–Trinajstić information content (AvgIpc) is 2.21. The van der Waals surface area contributed by atoms with Gasteiger partial charge in [0.15, 0.2) is 0 Å². The summed E-state index contributed by atoms with van der Waals surface area (Å²) in [6.07, 6.45) is 0.624. The normalized spacial score (nSPS) is 11.5. The lowest BCUT2D eigenvalue weighted by molar-refractivity contribution is -0.140. The Morgan fingerprint density at radius 3 is 2.73 bits per heavy atom. The molecule has 0 aromatic rings. The molecule has 0 heterocycles. The largest absolute Gasteiger partial charge is 0.480 e. The van der Waals surface area contributed by atoms with Crippen molar-refractivity contribution >= 4 is 30.1 Å². The Hall–Kier alpha value is -1.24. The maximum atomic E-state index is 10.7. The van der Waals surface area contributed by atoms with Crippen molar-refractivity contribution in [2.45, 2.75) is 12.5 Å². The van der Waals surface area contributed by atoms with Crippen molar-refractivity contribution in [3.63, 3.8) is 0 Å². The maximum Gasteiger partial charge on any atom is 0.326 e. The molecule has 0 aliphatic rings. The van der Waals surface area contributed by atoms with Gasteiger partial charge in [-0.3, -0.25) is 9.59 Å².